The molecule has 0 atom stereocenters. The number of phenolic OH excluding ortho intramolecular Hbond substituents is 1. The average molecular weight is 254 g/mol. The first-order chi connectivity index (χ1) is 9.24. The van der Waals surface area contributed by atoms with E-state index in [1.807, 2.05) is 30.3 Å². The summed E-state index contributed by atoms with van der Waals surface area (Å²) < 4.78 is 5.07. The van der Waals surface area contributed by atoms with E-state index in [0.29, 0.717) is 0 Å². The van der Waals surface area contributed by atoms with Crippen LogP contribution in [0.3, 0.4) is 0 Å². The van der Waals surface area contributed by atoms with E-state index in [0.717, 1.165) is 11.1 Å². The Bertz CT molecular complexity index is 574. The Kier molecular flexibility index (Phi) is 4.34. The molecule has 2 rings (SSSR count). The number of carbonyl (C=O) groups is 1. The monoisotopic (exact) mass is 254 g/mol. The van der Waals surface area contributed by atoms with Crippen LogP contribution in [0.25, 0.3) is 6.08 Å². The summed E-state index contributed by atoms with van der Waals surface area (Å²) in [4.78, 5) is 11.5. The third-order valence-electron chi connectivity index (χ3n) is 2.50. The molecule has 0 amide bonds. The van der Waals surface area contributed by atoms with E-state index in [1.54, 1.807) is 30.3 Å². The van der Waals surface area contributed by atoms with E-state index in [-0.39, 0.29) is 12.4 Å². The van der Waals surface area contributed by atoms with Crippen LogP contribution >= 0.6 is 0 Å². The first-order valence-corrected chi connectivity index (χ1v) is 5.92. The van der Waals surface area contributed by atoms with Crippen LogP contribution in [0.4, 0.5) is 0 Å². The molecule has 0 bridgehead atoms. The summed E-state index contributed by atoms with van der Waals surface area (Å²) in [5.41, 5.74) is 1.69. The van der Waals surface area contributed by atoms with Crippen molar-refractivity contribution in [2.45, 2.75) is 6.61 Å². The van der Waals surface area contributed by atoms with Crippen LogP contribution in [-0.4, -0.2) is 11.1 Å². The lowest BCUT2D eigenvalue weighted by Crippen LogP contribution is -2.00. The van der Waals surface area contributed by atoms with Gasteiger partial charge in [0.25, 0.3) is 0 Å². The van der Waals surface area contributed by atoms with Gasteiger partial charge in [-0.25, -0.2) is 4.79 Å². The Morgan fingerprint density at radius 1 is 1.11 bits per heavy atom. The highest BCUT2D eigenvalue weighted by Gasteiger charge is 1.99. The van der Waals surface area contributed by atoms with Crippen molar-refractivity contribution in [2.24, 2.45) is 0 Å². The van der Waals surface area contributed by atoms with Gasteiger partial charge in [-0.1, -0.05) is 42.5 Å². The number of aromatic hydroxyl groups is 1. The van der Waals surface area contributed by atoms with Gasteiger partial charge in [-0.05, 0) is 29.3 Å². The smallest absolute Gasteiger partial charge is 0.331 e. The van der Waals surface area contributed by atoms with Gasteiger partial charge < -0.3 is 9.84 Å². The second-order valence-electron chi connectivity index (χ2n) is 4.02. The molecule has 0 saturated heterocycles. The minimum atomic E-state index is -0.410. The maximum Gasteiger partial charge on any atom is 0.331 e. The topological polar surface area (TPSA) is 46.5 Å². The normalized spacial score (nSPS) is 10.5. The van der Waals surface area contributed by atoms with Crippen molar-refractivity contribution in [1.82, 2.24) is 0 Å². The summed E-state index contributed by atoms with van der Waals surface area (Å²) in [5.74, 6) is -0.249. The molecular formula is C16H14O3. The van der Waals surface area contributed by atoms with Crippen molar-refractivity contribution in [3.05, 3.63) is 71.8 Å². The van der Waals surface area contributed by atoms with E-state index in [2.05, 4.69) is 0 Å². The van der Waals surface area contributed by atoms with Crippen LogP contribution < -0.4 is 0 Å². The number of hydrogen-bond acceptors (Lipinski definition) is 3. The maximum absolute atomic E-state index is 11.5. The highest BCUT2D eigenvalue weighted by atomic mass is 16.5. The summed E-state index contributed by atoms with van der Waals surface area (Å²) in [6.07, 6.45) is 3.09. The molecule has 0 fully saturated rings. The van der Waals surface area contributed by atoms with Crippen molar-refractivity contribution in [3.63, 3.8) is 0 Å². The lowest BCUT2D eigenvalue weighted by atomic mass is 10.2. The fraction of sp³-hybridized carbons (Fsp3) is 0.0625. The number of ether oxygens (including phenoxy) is 1. The first kappa shape index (κ1) is 12.9. The summed E-state index contributed by atoms with van der Waals surface area (Å²) >= 11 is 0. The third kappa shape index (κ3) is 4.32. The van der Waals surface area contributed by atoms with Crippen molar-refractivity contribution in [1.29, 1.82) is 0 Å². The van der Waals surface area contributed by atoms with Gasteiger partial charge in [-0.15, -0.1) is 0 Å². The van der Waals surface area contributed by atoms with Gasteiger partial charge in [-0.3, -0.25) is 0 Å². The van der Waals surface area contributed by atoms with Gasteiger partial charge in [-0.2, -0.15) is 0 Å². The van der Waals surface area contributed by atoms with E-state index in [4.69, 9.17) is 4.74 Å². The third-order valence-corrected chi connectivity index (χ3v) is 2.50. The van der Waals surface area contributed by atoms with Crippen molar-refractivity contribution in [3.8, 4) is 5.75 Å². The fourth-order valence-corrected chi connectivity index (χ4v) is 1.58. The Morgan fingerprint density at radius 2 is 1.89 bits per heavy atom. The molecule has 2 aromatic carbocycles. The van der Waals surface area contributed by atoms with Crippen molar-refractivity contribution in [2.75, 3.05) is 0 Å². The Hall–Kier alpha value is -2.55. The molecule has 1 N–H and O–H groups in total. The van der Waals surface area contributed by atoms with E-state index in [1.165, 1.54) is 6.08 Å². The summed E-state index contributed by atoms with van der Waals surface area (Å²) in [6, 6.07) is 16.1. The van der Waals surface area contributed by atoms with Gasteiger partial charge in [0.2, 0.25) is 0 Å². The number of hydrogen-bond donors (Lipinski definition) is 1. The first-order valence-electron chi connectivity index (χ1n) is 5.92. The SMILES string of the molecule is O=C(/C=C/c1ccccc1)OCc1cccc(O)c1. The molecular weight excluding hydrogens is 240 g/mol. The van der Waals surface area contributed by atoms with Crippen LogP contribution in [0.15, 0.2) is 60.7 Å². The second-order valence-corrected chi connectivity index (χ2v) is 4.02. The summed E-state index contributed by atoms with van der Waals surface area (Å²) in [7, 11) is 0. The number of benzene rings is 2. The minimum absolute atomic E-state index is 0.145. The summed E-state index contributed by atoms with van der Waals surface area (Å²) in [6.45, 7) is 0.145. The van der Waals surface area contributed by atoms with Crippen LogP contribution in [0.5, 0.6) is 5.75 Å². The van der Waals surface area contributed by atoms with E-state index >= 15 is 0 Å². The maximum atomic E-state index is 11.5. The quantitative estimate of drug-likeness (QED) is 0.673. The van der Waals surface area contributed by atoms with Crippen molar-refractivity contribution < 1.29 is 14.6 Å². The van der Waals surface area contributed by atoms with Gasteiger partial charge in [0.15, 0.2) is 0 Å². The van der Waals surface area contributed by atoms with Crippen LogP contribution in [-0.2, 0) is 16.1 Å². The molecule has 3 nitrogen and oxygen atoms in total. The standard InChI is InChI=1S/C16H14O3/c17-15-8-4-7-14(11-15)12-19-16(18)10-9-13-5-2-1-3-6-13/h1-11,17H,12H2/b10-9+. The number of carbonyl (C=O) groups excluding carboxylic acids is 1. The van der Waals surface area contributed by atoms with Gasteiger partial charge in [0.1, 0.15) is 12.4 Å². The largest absolute Gasteiger partial charge is 0.508 e. The average Bonchev–Trinajstić information content (AvgIpc) is 2.44. The lowest BCUT2D eigenvalue weighted by molar-refractivity contribution is -0.138. The molecule has 0 aliphatic rings. The zero-order valence-electron chi connectivity index (χ0n) is 10.3. The zero-order valence-corrected chi connectivity index (χ0v) is 10.3. The Balaban J connectivity index is 1.87. The molecule has 0 unspecified atom stereocenters. The molecule has 0 heterocycles. The van der Waals surface area contributed by atoms with E-state index in [9.17, 15) is 9.90 Å². The summed E-state index contributed by atoms with van der Waals surface area (Å²) in [5, 5.41) is 9.28. The van der Waals surface area contributed by atoms with Gasteiger partial charge in [0.05, 0.1) is 0 Å². The molecule has 0 spiro atoms. The molecule has 0 saturated carbocycles. The van der Waals surface area contributed by atoms with Gasteiger partial charge >= 0.3 is 5.97 Å². The van der Waals surface area contributed by atoms with E-state index < -0.39 is 5.97 Å². The predicted molar refractivity (Wildman–Crippen MR) is 73.4 cm³/mol. The minimum Gasteiger partial charge on any atom is -0.508 e. The Morgan fingerprint density at radius 3 is 2.63 bits per heavy atom. The molecule has 3 heteroatoms. The number of phenols is 1. The van der Waals surface area contributed by atoms with Crippen LogP contribution in [0, 0.1) is 0 Å². The highest BCUT2D eigenvalue weighted by molar-refractivity contribution is 5.87. The van der Waals surface area contributed by atoms with Crippen LogP contribution in [0.1, 0.15) is 11.1 Å². The molecule has 0 aromatic heterocycles. The van der Waals surface area contributed by atoms with Crippen molar-refractivity contribution >= 4 is 12.0 Å². The van der Waals surface area contributed by atoms with Gasteiger partial charge in [0, 0.05) is 6.08 Å². The fourth-order valence-electron chi connectivity index (χ4n) is 1.58. The molecule has 0 radical (unpaired) electrons. The molecule has 0 aliphatic heterocycles. The lowest BCUT2D eigenvalue weighted by Gasteiger charge is -2.02. The molecule has 96 valence electrons. The predicted octanol–water partition coefficient (Wildman–Crippen LogP) is 3.15. The molecule has 19 heavy (non-hydrogen) atoms. The zero-order chi connectivity index (χ0) is 13.5. The number of rotatable bonds is 4. The molecule has 2 aromatic rings. The molecule has 0 aliphatic carbocycles. The Labute approximate surface area is 111 Å². The van der Waals surface area contributed by atoms with Crippen LogP contribution in [0.2, 0.25) is 0 Å². The highest BCUT2D eigenvalue weighted by Crippen LogP contribution is 2.11. The second kappa shape index (κ2) is 6.40. The number of esters is 1.